The summed E-state index contributed by atoms with van der Waals surface area (Å²) in [5, 5.41) is 0. The standard InChI is InChI=1S/C12H10BrN3O/c1-7-2-3-16-12(14)10(7)11(17)8-4-9(13)6-15-5-8/h2-6H,1H3,(H2,14,16). The van der Waals surface area contributed by atoms with E-state index >= 15 is 0 Å². The van der Waals surface area contributed by atoms with E-state index in [4.69, 9.17) is 5.73 Å². The molecule has 0 spiro atoms. The van der Waals surface area contributed by atoms with Crippen LogP contribution in [0.3, 0.4) is 0 Å². The average Bonchev–Trinajstić information content (AvgIpc) is 2.28. The molecule has 17 heavy (non-hydrogen) atoms. The maximum atomic E-state index is 12.3. The molecule has 0 saturated heterocycles. The number of nitrogen functional groups attached to an aromatic ring is 1. The molecule has 0 fully saturated rings. The number of anilines is 1. The van der Waals surface area contributed by atoms with E-state index in [0.29, 0.717) is 11.1 Å². The van der Waals surface area contributed by atoms with Gasteiger partial charge in [-0.25, -0.2) is 4.98 Å². The molecule has 0 atom stereocenters. The van der Waals surface area contributed by atoms with Crippen molar-refractivity contribution in [1.82, 2.24) is 9.97 Å². The highest BCUT2D eigenvalue weighted by atomic mass is 79.9. The van der Waals surface area contributed by atoms with Gasteiger partial charge in [-0.2, -0.15) is 0 Å². The second-order valence-corrected chi connectivity index (χ2v) is 4.52. The number of carbonyl (C=O) groups is 1. The van der Waals surface area contributed by atoms with Crippen molar-refractivity contribution in [2.24, 2.45) is 0 Å². The summed E-state index contributed by atoms with van der Waals surface area (Å²) in [5.74, 6) is 0.0804. The van der Waals surface area contributed by atoms with Gasteiger partial charge in [0.25, 0.3) is 0 Å². The molecule has 0 bridgehead atoms. The fraction of sp³-hybridized carbons (Fsp3) is 0.0833. The molecular weight excluding hydrogens is 282 g/mol. The summed E-state index contributed by atoms with van der Waals surface area (Å²) in [7, 11) is 0. The van der Waals surface area contributed by atoms with E-state index in [1.165, 1.54) is 6.20 Å². The molecule has 86 valence electrons. The Kier molecular flexibility index (Phi) is 3.19. The topological polar surface area (TPSA) is 68.9 Å². The molecular formula is C12H10BrN3O. The molecule has 5 heteroatoms. The maximum absolute atomic E-state index is 12.3. The Hall–Kier alpha value is -1.75. The van der Waals surface area contributed by atoms with Crippen LogP contribution in [0.15, 0.2) is 35.2 Å². The fourth-order valence-electron chi connectivity index (χ4n) is 1.56. The van der Waals surface area contributed by atoms with Gasteiger partial charge in [0.05, 0.1) is 5.56 Å². The van der Waals surface area contributed by atoms with Crippen molar-refractivity contribution in [3.63, 3.8) is 0 Å². The highest BCUT2D eigenvalue weighted by Crippen LogP contribution is 2.19. The lowest BCUT2D eigenvalue weighted by Gasteiger charge is -2.07. The minimum absolute atomic E-state index is 0.165. The van der Waals surface area contributed by atoms with E-state index in [2.05, 4.69) is 25.9 Å². The second-order valence-electron chi connectivity index (χ2n) is 3.61. The van der Waals surface area contributed by atoms with Gasteiger partial charge in [0.15, 0.2) is 5.78 Å². The number of pyridine rings is 2. The smallest absolute Gasteiger partial charge is 0.198 e. The molecule has 0 aliphatic heterocycles. The summed E-state index contributed by atoms with van der Waals surface area (Å²) in [6.45, 7) is 1.83. The Labute approximate surface area is 107 Å². The summed E-state index contributed by atoms with van der Waals surface area (Å²) in [6.07, 6.45) is 4.72. The molecule has 0 radical (unpaired) electrons. The van der Waals surface area contributed by atoms with Crippen molar-refractivity contribution in [1.29, 1.82) is 0 Å². The lowest BCUT2D eigenvalue weighted by Crippen LogP contribution is -2.09. The number of nitrogens with zero attached hydrogens (tertiary/aromatic N) is 2. The van der Waals surface area contributed by atoms with Crippen molar-refractivity contribution in [3.05, 3.63) is 51.9 Å². The van der Waals surface area contributed by atoms with Gasteiger partial charge in [0.2, 0.25) is 0 Å². The Morgan fingerprint density at radius 2 is 2.18 bits per heavy atom. The first-order valence-corrected chi connectivity index (χ1v) is 5.75. The van der Waals surface area contributed by atoms with Crippen LogP contribution in [0.2, 0.25) is 0 Å². The third kappa shape index (κ3) is 2.34. The molecule has 2 aromatic heterocycles. The van der Waals surface area contributed by atoms with Crippen molar-refractivity contribution in [3.8, 4) is 0 Å². The lowest BCUT2D eigenvalue weighted by atomic mass is 10.0. The normalized spacial score (nSPS) is 10.2. The van der Waals surface area contributed by atoms with Crippen LogP contribution in [0.5, 0.6) is 0 Å². The molecule has 2 N–H and O–H groups in total. The van der Waals surface area contributed by atoms with Crippen LogP contribution in [-0.4, -0.2) is 15.8 Å². The predicted molar refractivity (Wildman–Crippen MR) is 68.8 cm³/mol. The number of aromatic nitrogens is 2. The van der Waals surface area contributed by atoms with Crippen LogP contribution in [0.1, 0.15) is 21.5 Å². The SMILES string of the molecule is Cc1ccnc(N)c1C(=O)c1cncc(Br)c1. The quantitative estimate of drug-likeness (QED) is 0.863. The fourth-order valence-corrected chi connectivity index (χ4v) is 1.92. The summed E-state index contributed by atoms with van der Waals surface area (Å²) in [5.41, 5.74) is 7.47. The number of halogens is 1. The predicted octanol–water partition coefficient (Wildman–Crippen LogP) is 2.36. The van der Waals surface area contributed by atoms with Gasteiger partial charge in [-0.15, -0.1) is 0 Å². The highest BCUT2D eigenvalue weighted by Gasteiger charge is 2.16. The van der Waals surface area contributed by atoms with Gasteiger partial charge in [-0.05, 0) is 40.5 Å². The van der Waals surface area contributed by atoms with E-state index in [-0.39, 0.29) is 11.6 Å². The number of hydrogen-bond acceptors (Lipinski definition) is 4. The van der Waals surface area contributed by atoms with Crippen molar-refractivity contribution < 1.29 is 4.79 Å². The minimum atomic E-state index is -0.165. The lowest BCUT2D eigenvalue weighted by molar-refractivity contribution is 0.103. The van der Waals surface area contributed by atoms with Crippen LogP contribution in [-0.2, 0) is 0 Å². The zero-order valence-corrected chi connectivity index (χ0v) is 10.7. The largest absolute Gasteiger partial charge is 0.383 e. The van der Waals surface area contributed by atoms with E-state index in [9.17, 15) is 4.79 Å². The van der Waals surface area contributed by atoms with Gasteiger partial charge >= 0.3 is 0 Å². The summed E-state index contributed by atoms with van der Waals surface area (Å²) in [6, 6.07) is 3.47. The van der Waals surface area contributed by atoms with Crippen molar-refractivity contribution in [2.45, 2.75) is 6.92 Å². The minimum Gasteiger partial charge on any atom is -0.383 e. The van der Waals surface area contributed by atoms with Gasteiger partial charge < -0.3 is 5.73 Å². The van der Waals surface area contributed by atoms with Gasteiger partial charge in [0.1, 0.15) is 5.82 Å². The monoisotopic (exact) mass is 291 g/mol. The first-order valence-electron chi connectivity index (χ1n) is 4.96. The Morgan fingerprint density at radius 1 is 1.41 bits per heavy atom. The Bertz CT molecular complexity index is 563. The van der Waals surface area contributed by atoms with E-state index in [0.717, 1.165) is 10.0 Å². The highest BCUT2D eigenvalue weighted by molar-refractivity contribution is 9.10. The van der Waals surface area contributed by atoms with Gasteiger partial charge in [-0.3, -0.25) is 9.78 Å². The van der Waals surface area contributed by atoms with Crippen molar-refractivity contribution in [2.75, 3.05) is 5.73 Å². The average molecular weight is 292 g/mol. The number of hydrogen-bond donors (Lipinski definition) is 1. The number of aryl methyl sites for hydroxylation is 1. The summed E-state index contributed by atoms with van der Waals surface area (Å²) >= 11 is 3.28. The van der Waals surface area contributed by atoms with Crippen LogP contribution in [0.25, 0.3) is 0 Å². The molecule has 2 aromatic rings. The van der Waals surface area contributed by atoms with E-state index in [1.807, 2.05) is 6.92 Å². The Morgan fingerprint density at radius 3 is 2.82 bits per heavy atom. The zero-order chi connectivity index (χ0) is 12.4. The zero-order valence-electron chi connectivity index (χ0n) is 9.14. The molecule has 4 nitrogen and oxygen atoms in total. The third-order valence-electron chi connectivity index (χ3n) is 2.38. The Balaban J connectivity index is 2.51. The van der Waals surface area contributed by atoms with Crippen LogP contribution < -0.4 is 5.73 Å². The third-order valence-corrected chi connectivity index (χ3v) is 2.82. The molecule has 2 heterocycles. The van der Waals surface area contributed by atoms with E-state index < -0.39 is 0 Å². The van der Waals surface area contributed by atoms with Crippen LogP contribution in [0.4, 0.5) is 5.82 Å². The molecule has 0 unspecified atom stereocenters. The first kappa shape index (κ1) is 11.7. The number of rotatable bonds is 2. The second kappa shape index (κ2) is 4.63. The molecule has 0 aromatic carbocycles. The molecule has 0 amide bonds. The van der Waals surface area contributed by atoms with Gasteiger partial charge in [-0.1, -0.05) is 0 Å². The van der Waals surface area contributed by atoms with Crippen molar-refractivity contribution >= 4 is 27.5 Å². The summed E-state index contributed by atoms with van der Waals surface area (Å²) in [4.78, 5) is 20.2. The molecule has 0 aliphatic carbocycles. The molecule has 0 saturated carbocycles. The number of carbonyl (C=O) groups excluding carboxylic acids is 1. The molecule has 0 aliphatic rings. The van der Waals surface area contributed by atoms with E-state index in [1.54, 1.807) is 24.5 Å². The molecule has 2 rings (SSSR count). The maximum Gasteiger partial charge on any atom is 0.198 e. The van der Waals surface area contributed by atoms with Gasteiger partial charge in [0, 0.05) is 28.6 Å². The number of nitrogens with two attached hydrogens (primary N) is 1. The number of ketones is 1. The first-order chi connectivity index (χ1) is 8.09. The summed E-state index contributed by atoms with van der Waals surface area (Å²) < 4.78 is 0.753. The van der Waals surface area contributed by atoms with Crippen LogP contribution >= 0.6 is 15.9 Å². The van der Waals surface area contributed by atoms with Crippen LogP contribution in [0, 0.1) is 6.92 Å².